The molecule has 0 saturated heterocycles. The van der Waals surface area contributed by atoms with E-state index < -0.39 is 5.69 Å². The molecule has 35 heavy (non-hydrogen) atoms. The molecular formula is C30H55O2PS2. The van der Waals surface area contributed by atoms with E-state index in [0.717, 1.165) is 29.1 Å². The van der Waals surface area contributed by atoms with Gasteiger partial charge in [-0.25, -0.2) is 0 Å². The Hall–Kier alpha value is 0.140. The van der Waals surface area contributed by atoms with E-state index in [4.69, 9.17) is 11.8 Å². The Labute approximate surface area is 227 Å². The number of rotatable bonds is 24. The maximum Gasteiger partial charge on any atom is 0.246 e. The molecule has 0 bridgehead atoms. The summed E-state index contributed by atoms with van der Waals surface area (Å²) in [5.41, 5.74) is -0.424. The van der Waals surface area contributed by atoms with Gasteiger partial charge in [0.05, 0.1) is 0 Å². The van der Waals surface area contributed by atoms with E-state index in [2.05, 4.69) is 26.0 Å². The third-order valence-corrected chi connectivity index (χ3v) is 9.72. The molecule has 0 amide bonds. The fourth-order valence-electron chi connectivity index (χ4n) is 4.88. The predicted molar refractivity (Wildman–Crippen MR) is 162 cm³/mol. The number of aryl methyl sites for hydroxylation is 2. The third-order valence-electron chi connectivity index (χ3n) is 7.00. The van der Waals surface area contributed by atoms with Gasteiger partial charge >= 0.3 is 0 Å². The zero-order chi connectivity index (χ0) is 25.6. The minimum absolute atomic E-state index is 0.909. The van der Waals surface area contributed by atoms with E-state index in [1.54, 1.807) is 0 Å². The Kier molecular flexibility index (Phi) is 21.0. The summed E-state index contributed by atoms with van der Waals surface area (Å²) in [6, 6.07) is 6.43. The molecule has 0 aliphatic heterocycles. The van der Waals surface area contributed by atoms with Gasteiger partial charge in [0.1, 0.15) is 0 Å². The molecule has 2 nitrogen and oxygen atoms in total. The van der Waals surface area contributed by atoms with Crippen LogP contribution in [0.2, 0.25) is 0 Å². The van der Waals surface area contributed by atoms with Crippen molar-refractivity contribution >= 4 is 28.9 Å². The van der Waals surface area contributed by atoms with Crippen LogP contribution < -0.4 is 0 Å². The normalized spacial score (nSPS) is 11.9. The SMILES string of the molecule is CCCCCCCCCCCCc1ccc(SP(O)(O)=S)cc1CCCCCCCCCCCC. The molecule has 0 aliphatic carbocycles. The van der Waals surface area contributed by atoms with Crippen molar-refractivity contribution in [1.82, 2.24) is 0 Å². The molecule has 0 saturated carbocycles. The van der Waals surface area contributed by atoms with Crippen LogP contribution in [-0.4, -0.2) is 9.79 Å². The first-order valence-corrected chi connectivity index (χ1v) is 19.0. The molecule has 0 aliphatic rings. The lowest BCUT2D eigenvalue weighted by Crippen LogP contribution is -1.97. The van der Waals surface area contributed by atoms with Crippen LogP contribution in [0.3, 0.4) is 0 Å². The van der Waals surface area contributed by atoms with Crippen molar-refractivity contribution in [2.24, 2.45) is 0 Å². The fourth-order valence-corrected chi connectivity index (χ4v) is 7.42. The van der Waals surface area contributed by atoms with E-state index in [9.17, 15) is 9.79 Å². The highest BCUT2D eigenvalue weighted by Gasteiger charge is 2.12. The van der Waals surface area contributed by atoms with Crippen LogP contribution in [0.15, 0.2) is 23.1 Å². The molecular weight excluding hydrogens is 487 g/mol. The Balaban J connectivity index is 2.36. The highest BCUT2D eigenvalue weighted by molar-refractivity contribution is 8.67. The van der Waals surface area contributed by atoms with Crippen LogP contribution in [-0.2, 0) is 24.6 Å². The van der Waals surface area contributed by atoms with Crippen molar-refractivity contribution in [2.75, 3.05) is 0 Å². The van der Waals surface area contributed by atoms with E-state index in [1.165, 1.54) is 140 Å². The number of unbranched alkanes of at least 4 members (excludes halogenated alkanes) is 18. The van der Waals surface area contributed by atoms with Crippen molar-refractivity contribution in [3.63, 3.8) is 0 Å². The van der Waals surface area contributed by atoms with E-state index in [1.807, 2.05) is 6.07 Å². The third kappa shape index (κ3) is 19.9. The first-order chi connectivity index (χ1) is 17.0. The zero-order valence-electron chi connectivity index (χ0n) is 22.9. The Bertz CT molecular complexity index is 674. The monoisotopic (exact) mass is 542 g/mol. The van der Waals surface area contributed by atoms with Crippen molar-refractivity contribution in [3.05, 3.63) is 29.3 Å². The molecule has 1 aromatic rings. The summed E-state index contributed by atoms with van der Waals surface area (Å²) < 4.78 is 0. The molecule has 0 unspecified atom stereocenters. The first kappa shape index (κ1) is 33.2. The molecule has 0 aromatic heterocycles. The van der Waals surface area contributed by atoms with Crippen molar-refractivity contribution in [2.45, 2.75) is 160 Å². The summed E-state index contributed by atoms with van der Waals surface area (Å²) in [6.07, 6.45) is 29.4. The van der Waals surface area contributed by atoms with Crippen LogP contribution in [0.4, 0.5) is 0 Å². The van der Waals surface area contributed by atoms with E-state index in [-0.39, 0.29) is 0 Å². The molecule has 0 atom stereocenters. The van der Waals surface area contributed by atoms with Gasteiger partial charge in [0.25, 0.3) is 0 Å². The van der Waals surface area contributed by atoms with Gasteiger partial charge in [0.2, 0.25) is 5.69 Å². The largest absolute Gasteiger partial charge is 0.337 e. The smallest absolute Gasteiger partial charge is 0.246 e. The van der Waals surface area contributed by atoms with Crippen LogP contribution in [0.25, 0.3) is 0 Å². The molecule has 0 spiro atoms. The van der Waals surface area contributed by atoms with Crippen molar-refractivity contribution < 1.29 is 9.79 Å². The number of hydrogen-bond donors (Lipinski definition) is 2. The van der Waals surface area contributed by atoms with Gasteiger partial charge in [-0.05, 0) is 72.1 Å². The van der Waals surface area contributed by atoms with Crippen LogP contribution in [0.5, 0.6) is 0 Å². The Morgan fingerprint density at radius 1 is 0.571 bits per heavy atom. The van der Waals surface area contributed by atoms with Gasteiger partial charge in [-0.3, -0.25) is 0 Å². The van der Waals surface area contributed by atoms with Crippen molar-refractivity contribution in [1.29, 1.82) is 0 Å². The summed E-state index contributed by atoms with van der Waals surface area (Å²) in [5, 5.41) is 0. The average Bonchev–Trinajstić information content (AvgIpc) is 2.81. The summed E-state index contributed by atoms with van der Waals surface area (Å²) in [4.78, 5) is 20.4. The number of hydrogen-bond acceptors (Lipinski definition) is 2. The Morgan fingerprint density at radius 2 is 0.943 bits per heavy atom. The molecule has 1 rings (SSSR count). The quantitative estimate of drug-likeness (QED) is 0.101. The maximum absolute atomic E-state index is 9.74. The van der Waals surface area contributed by atoms with Gasteiger partial charge in [-0.15, -0.1) is 0 Å². The van der Waals surface area contributed by atoms with E-state index in [0.29, 0.717) is 0 Å². The second kappa shape index (κ2) is 22.2. The van der Waals surface area contributed by atoms with Gasteiger partial charge in [0.15, 0.2) is 0 Å². The molecule has 204 valence electrons. The minimum atomic E-state index is -3.27. The summed E-state index contributed by atoms with van der Waals surface area (Å²) in [7, 11) is 0. The molecule has 0 heterocycles. The van der Waals surface area contributed by atoms with Crippen LogP contribution >= 0.6 is 17.1 Å². The maximum atomic E-state index is 9.74. The number of benzene rings is 1. The van der Waals surface area contributed by atoms with Crippen LogP contribution in [0.1, 0.15) is 153 Å². The fraction of sp³-hybridized carbons (Fsp3) is 0.800. The Morgan fingerprint density at radius 3 is 1.34 bits per heavy atom. The second-order valence-electron chi connectivity index (χ2n) is 10.4. The highest BCUT2D eigenvalue weighted by atomic mass is 32.9. The molecule has 1 aromatic carbocycles. The topological polar surface area (TPSA) is 40.5 Å². The summed E-state index contributed by atoms with van der Waals surface area (Å²) in [6.45, 7) is 4.56. The zero-order valence-corrected chi connectivity index (χ0v) is 25.5. The minimum Gasteiger partial charge on any atom is -0.337 e. The van der Waals surface area contributed by atoms with Gasteiger partial charge in [-0.1, -0.05) is 135 Å². The van der Waals surface area contributed by atoms with Gasteiger partial charge in [0, 0.05) is 4.90 Å². The first-order valence-electron chi connectivity index (χ1n) is 14.8. The second-order valence-corrected chi connectivity index (χ2v) is 16.3. The van der Waals surface area contributed by atoms with Gasteiger partial charge < -0.3 is 9.79 Å². The molecule has 2 N–H and O–H groups in total. The van der Waals surface area contributed by atoms with E-state index >= 15 is 0 Å². The summed E-state index contributed by atoms with van der Waals surface area (Å²) in [5.74, 6) is 0. The molecule has 5 heteroatoms. The standard InChI is InChI=1S/C30H55O2PS2/c1-3-5-7-9-11-13-15-17-19-21-23-28-25-26-30(35-33(31,32)34)27-29(28)24-22-20-18-16-14-12-10-8-6-4-2/h25-27H,3-24H2,1-2H3,(H2,31,32,34). The molecule has 0 fully saturated rings. The predicted octanol–water partition coefficient (Wildman–Crippen LogP) is 10.9. The summed E-state index contributed by atoms with van der Waals surface area (Å²) >= 11 is 5.92. The lowest BCUT2D eigenvalue weighted by molar-refractivity contribution is 0.502. The lowest BCUT2D eigenvalue weighted by Gasteiger charge is -2.13. The lowest BCUT2D eigenvalue weighted by atomic mass is 9.96. The average molecular weight is 543 g/mol. The van der Waals surface area contributed by atoms with Gasteiger partial charge in [-0.2, -0.15) is 0 Å². The highest BCUT2D eigenvalue weighted by Crippen LogP contribution is 2.55. The van der Waals surface area contributed by atoms with Crippen LogP contribution in [0, 0.1) is 0 Å². The molecule has 0 radical (unpaired) electrons. The van der Waals surface area contributed by atoms with Crippen molar-refractivity contribution in [3.8, 4) is 0 Å².